The molecule has 0 unspecified atom stereocenters. The van der Waals surface area contributed by atoms with Crippen LogP contribution in [0.1, 0.15) is 25.1 Å². The maximum Gasteiger partial charge on any atom is 0.236 e. The summed E-state index contributed by atoms with van der Waals surface area (Å²) >= 11 is 0. The van der Waals surface area contributed by atoms with Gasteiger partial charge in [-0.2, -0.15) is 5.26 Å². The van der Waals surface area contributed by atoms with Crippen LogP contribution in [0, 0.1) is 24.2 Å². The standard InChI is InChI=1S/C13H18N4O/c1-9(2)7-17(8-12(15)18)13-11(6-14)5-4-10(3)16-13/h4-5,9H,7-8H2,1-3H3,(H2,15,18). The predicted molar refractivity (Wildman–Crippen MR) is 69.9 cm³/mol. The van der Waals surface area contributed by atoms with E-state index in [1.807, 2.05) is 20.8 Å². The van der Waals surface area contributed by atoms with Crippen molar-refractivity contribution in [3.63, 3.8) is 0 Å². The topological polar surface area (TPSA) is 83.0 Å². The van der Waals surface area contributed by atoms with Crippen LogP contribution in [0.2, 0.25) is 0 Å². The number of nitrogens with zero attached hydrogens (tertiary/aromatic N) is 3. The number of pyridine rings is 1. The molecule has 0 radical (unpaired) electrons. The summed E-state index contributed by atoms with van der Waals surface area (Å²) in [6, 6.07) is 5.59. The maximum atomic E-state index is 11.1. The molecule has 0 saturated carbocycles. The molecule has 96 valence electrons. The number of nitrogens with two attached hydrogens (primary N) is 1. The number of aromatic nitrogens is 1. The van der Waals surface area contributed by atoms with Crippen LogP contribution in [0.3, 0.4) is 0 Å². The van der Waals surface area contributed by atoms with Crippen molar-refractivity contribution in [1.29, 1.82) is 5.26 Å². The number of carbonyl (C=O) groups is 1. The smallest absolute Gasteiger partial charge is 0.236 e. The number of aryl methyl sites for hydroxylation is 1. The monoisotopic (exact) mass is 246 g/mol. The predicted octanol–water partition coefficient (Wildman–Crippen LogP) is 1.21. The van der Waals surface area contributed by atoms with Gasteiger partial charge >= 0.3 is 0 Å². The minimum atomic E-state index is -0.428. The van der Waals surface area contributed by atoms with E-state index >= 15 is 0 Å². The summed E-state index contributed by atoms with van der Waals surface area (Å²) in [6.45, 7) is 6.63. The van der Waals surface area contributed by atoms with Crippen LogP contribution >= 0.6 is 0 Å². The van der Waals surface area contributed by atoms with Gasteiger partial charge in [0.25, 0.3) is 0 Å². The van der Waals surface area contributed by atoms with E-state index in [9.17, 15) is 4.79 Å². The average Bonchev–Trinajstić information content (AvgIpc) is 2.26. The first-order chi connectivity index (χ1) is 8.43. The number of hydrogen-bond donors (Lipinski definition) is 1. The van der Waals surface area contributed by atoms with Gasteiger partial charge < -0.3 is 10.6 Å². The van der Waals surface area contributed by atoms with Gasteiger partial charge in [-0.3, -0.25) is 4.79 Å². The molecular weight excluding hydrogens is 228 g/mol. The number of carbonyl (C=O) groups excluding carboxylic acids is 1. The highest BCUT2D eigenvalue weighted by Crippen LogP contribution is 2.18. The van der Waals surface area contributed by atoms with Crippen LogP contribution in [-0.2, 0) is 4.79 Å². The van der Waals surface area contributed by atoms with Crippen molar-refractivity contribution in [3.05, 3.63) is 23.4 Å². The molecule has 0 bridgehead atoms. The van der Waals surface area contributed by atoms with Gasteiger partial charge in [0.15, 0.2) is 0 Å². The first-order valence-corrected chi connectivity index (χ1v) is 5.85. The Balaban J connectivity index is 3.14. The number of amides is 1. The molecule has 0 atom stereocenters. The second-order valence-electron chi connectivity index (χ2n) is 4.68. The molecule has 1 aromatic rings. The van der Waals surface area contributed by atoms with Gasteiger partial charge in [0.2, 0.25) is 5.91 Å². The zero-order valence-corrected chi connectivity index (χ0v) is 11.0. The lowest BCUT2D eigenvalue weighted by Crippen LogP contribution is -2.37. The number of rotatable bonds is 5. The molecule has 0 aliphatic heterocycles. The minimum absolute atomic E-state index is 0.0727. The number of nitriles is 1. The van der Waals surface area contributed by atoms with Gasteiger partial charge in [0, 0.05) is 12.2 Å². The third-order valence-electron chi connectivity index (χ3n) is 2.37. The quantitative estimate of drug-likeness (QED) is 0.846. The van der Waals surface area contributed by atoms with E-state index in [1.54, 1.807) is 17.0 Å². The molecule has 18 heavy (non-hydrogen) atoms. The molecule has 1 rings (SSSR count). The lowest BCUT2D eigenvalue weighted by molar-refractivity contribution is -0.116. The van der Waals surface area contributed by atoms with Crippen molar-refractivity contribution in [1.82, 2.24) is 4.98 Å². The van der Waals surface area contributed by atoms with E-state index in [2.05, 4.69) is 11.1 Å². The summed E-state index contributed by atoms with van der Waals surface area (Å²) in [7, 11) is 0. The first-order valence-electron chi connectivity index (χ1n) is 5.85. The molecule has 0 aromatic carbocycles. The third-order valence-corrected chi connectivity index (χ3v) is 2.37. The molecule has 1 heterocycles. The van der Waals surface area contributed by atoms with Crippen LogP contribution in [0.4, 0.5) is 5.82 Å². The van der Waals surface area contributed by atoms with Gasteiger partial charge in [0.05, 0.1) is 12.1 Å². The largest absolute Gasteiger partial charge is 0.368 e. The van der Waals surface area contributed by atoms with Crippen LogP contribution in [0.15, 0.2) is 12.1 Å². The Hall–Kier alpha value is -2.09. The Bertz CT molecular complexity index is 476. The zero-order valence-electron chi connectivity index (χ0n) is 11.0. The molecule has 5 heteroatoms. The van der Waals surface area contributed by atoms with Crippen LogP contribution in [0.25, 0.3) is 0 Å². The van der Waals surface area contributed by atoms with Gasteiger partial charge in [-0.25, -0.2) is 4.98 Å². The molecule has 1 aromatic heterocycles. The summed E-state index contributed by atoms with van der Waals surface area (Å²) in [5, 5.41) is 9.09. The molecule has 0 aliphatic rings. The van der Waals surface area contributed by atoms with Crippen molar-refractivity contribution in [2.24, 2.45) is 11.7 Å². The van der Waals surface area contributed by atoms with Crippen molar-refractivity contribution in [2.75, 3.05) is 18.0 Å². The summed E-state index contributed by atoms with van der Waals surface area (Å²) in [4.78, 5) is 17.2. The fourth-order valence-corrected chi connectivity index (χ4v) is 1.73. The van der Waals surface area contributed by atoms with Crippen LogP contribution in [0.5, 0.6) is 0 Å². The molecule has 0 spiro atoms. The summed E-state index contributed by atoms with van der Waals surface area (Å²) in [5.74, 6) is 0.450. The molecule has 0 saturated heterocycles. The van der Waals surface area contributed by atoms with E-state index < -0.39 is 5.91 Å². The first kappa shape index (κ1) is 14.0. The molecule has 0 aliphatic carbocycles. The minimum Gasteiger partial charge on any atom is -0.368 e. The Morgan fingerprint density at radius 3 is 2.72 bits per heavy atom. The van der Waals surface area contributed by atoms with E-state index in [4.69, 9.17) is 11.0 Å². The summed E-state index contributed by atoms with van der Waals surface area (Å²) in [6.07, 6.45) is 0. The second kappa shape index (κ2) is 6.01. The number of primary amides is 1. The summed E-state index contributed by atoms with van der Waals surface area (Å²) in [5.41, 5.74) is 6.51. The summed E-state index contributed by atoms with van der Waals surface area (Å²) < 4.78 is 0. The molecule has 2 N–H and O–H groups in total. The van der Waals surface area contributed by atoms with E-state index in [-0.39, 0.29) is 6.54 Å². The lowest BCUT2D eigenvalue weighted by atomic mass is 10.1. The van der Waals surface area contributed by atoms with Gasteiger partial charge in [-0.15, -0.1) is 0 Å². The fourth-order valence-electron chi connectivity index (χ4n) is 1.73. The van der Waals surface area contributed by atoms with Gasteiger partial charge in [0.1, 0.15) is 11.9 Å². The number of anilines is 1. The van der Waals surface area contributed by atoms with Crippen LogP contribution < -0.4 is 10.6 Å². The molecular formula is C13H18N4O. The van der Waals surface area contributed by atoms with E-state index in [1.165, 1.54) is 0 Å². The number of hydrogen-bond acceptors (Lipinski definition) is 4. The Labute approximate surface area is 107 Å². The van der Waals surface area contributed by atoms with Gasteiger partial charge in [-0.05, 0) is 25.0 Å². The average molecular weight is 246 g/mol. The van der Waals surface area contributed by atoms with Gasteiger partial charge in [-0.1, -0.05) is 13.8 Å². The molecule has 0 fully saturated rings. The lowest BCUT2D eigenvalue weighted by Gasteiger charge is -2.25. The Morgan fingerprint density at radius 1 is 1.56 bits per heavy atom. The van der Waals surface area contributed by atoms with Crippen molar-refractivity contribution >= 4 is 11.7 Å². The molecule has 1 amide bonds. The Kier molecular flexibility index (Phi) is 4.67. The van der Waals surface area contributed by atoms with E-state index in [0.717, 1.165) is 5.69 Å². The highest BCUT2D eigenvalue weighted by molar-refractivity contribution is 5.79. The third kappa shape index (κ3) is 3.74. The highest BCUT2D eigenvalue weighted by Gasteiger charge is 2.16. The van der Waals surface area contributed by atoms with Crippen molar-refractivity contribution in [2.45, 2.75) is 20.8 Å². The SMILES string of the molecule is Cc1ccc(C#N)c(N(CC(N)=O)CC(C)C)n1. The zero-order chi connectivity index (χ0) is 13.7. The van der Waals surface area contributed by atoms with Crippen molar-refractivity contribution < 1.29 is 4.79 Å². The van der Waals surface area contributed by atoms with E-state index in [0.29, 0.717) is 23.8 Å². The highest BCUT2D eigenvalue weighted by atomic mass is 16.1. The maximum absolute atomic E-state index is 11.1. The Morgan fingerprint density at radius 2 is 2.22 bits per heavy atom. The van der Waals surface area contributed by atoms with Crippen LogP contribution in [-0.4, -0.2) is 24.0 Å². The molecule has 5 nitrogen and oxygen atoms in total. The fraction of sp³-hybridized carbons (Fsp3) is 0.462. The normalized spacial score (nSPS) is 10.2. The second-order valence-corrected chi connectivity index (χ2v) is 4.68. The van der Waals surface area contributed by atoms with Crippen molar-refractivity contribution in [3.8, 4) is 6.07 Å².